The van der Waals surface area contributed by atoms with Gasteiger partial charge in [0.15, 0.2) is 11.5 Å². The fraction of sp³-hybridized carbons (Fsp3) is 0.333. The van der Waals surface area contributed by atoms with Gasteiger partial charge in [0, 0.05) is 0 Å². The van der Waals surface area contributed by atoms with E-state index in [4.69, 9.17) is 14.6 Å². The number of hydrogen-bond donors (Lipinski definition) is 2. The van der Waals surface area contributed by atoms with Crippen LogP contribution >= 0.6 is 0 Å². The molecule has 0 fully saturated rings. The van der Waals surface area contributed by atoms with Crippen molar-refractivity contribution in [2.24, 2.45) is 0 Å². The van der Waals surface area contributed by atoms with E-state index in [1.165, 1.54) is 18.2 Å². The Kier molecular flexibility index (Phi) is 3.92. The van der Waals surface area contributed by atoms with Gasteiger partial charge in [0.2, 0.25) is 6.79 Å². The van der Waals surface area contributed by atoms with Crippen LogP contribution in [0, 0.1) is 0 Å². The van der Waals surface area contributed by atoms with Gasteiger partial charge in [-0.2, -0.15) is 13.2 Å². The quantitative estimate of drug-likeness (QED) is 0.883. The third-order valence-corrected chi connectivity index (χ3v) is 2.74. The monoisotopic (exact) mass is 305 g/mol. The van der Waals surface area contributed by atoms with E-state index in [0.29, 0.717) is 5.75 Å². The lowest BCUT2D eigenvalue weighted by Gasteiger charge is -2.18. The average Bonchev–Trinajstić information content (AvgIpc) is 2.83. The van der Waals surface area contributed by atoms with Gasteiger partial charge in [-0.1, -0.05) is 6.07 Å². The van der Waals surface area contributed by atoms with E-state index in [9.17, 15) is 22.8 Å². The first kappa shape index (κ1) is 14.9. The highest BCUT2D eigenvalue weighted by Gasteiger charge is 2.40. The molecule has 1 amide bonds. The molecule has 1 aromatic rings. The summed E-state index contributed by atoms with van der Waals surface area (Å²) < 4.78 is 46.9. The van der Waals surface area contributed by atoms with Crippen LogP contribution in [0.4, 0.5) is 13.2 Å². The summed E-state index contributed by atoms with van der Waals surface area (Å²) in [7, 11) is 0. The molecule has 6 nitrogen and oxygen atoms in total. The molecule has 1 aliphatic rings. The molecule has 0 aromatic heterocycles. The Labute approximate surface area is 116 Å². The zero-order valence-electron chi connectivity index (χ0n) is 10.4. The average molecular weight is 305 g/mol. The molecule has 2 N–H and O–H groups in total. The molecule has 1 atom stereocenters. The Hall–Kier alpha value is -2.45. The van der Waals surface area contributed by atoms with Crippen LogP contribution in [0.5, 0.6) is 11.5 Å². The fourth-order valence-electron chi connectivity index (χ4n) is 1.80. The van der Waals surface area contributed by atoms with Gasteiger partial charge < -0.3 is 19.9 Å². The molecule has 1 aliphatic heterocycles. The summed E-state index contributed by atoms with van der Waals surface area (Å²) in [5, 5.41) is 10.4. The SMILES string of the molecule is O=C(O)C[C@@H](NC(=O)C(F)(F)F)c1ccc2c(c1)OCO2. The fourth-order valence-corrected chi connectivity index (χ4v) is 1.80. The lowest BCUT2D eigenvalue weighted by Crippen LogP contribution is -2.39. The normalized spacial score (nSPS) is 14.6. The summed E-state index contributed by atoms with van der Waals surface area (Å²) in [6, 6.07) is 2.82. The largest absolute Gasteiger partial charge is 0.481 e. The third-order valence-electron chi connectivity index (χ3n) is 2.74. The van der Waals surface area contributed by atoms with Crippen molar-refractivity contribution in [3.05, 3.63) is 23.8 Å². The number of halogens is 3. The molecule has 0 unspecified atom stereocenters. The Bertz CT molecular complexity index is 573. The number of carboxylic acid groups (broad SMARTS) is 1. The van der Waals surface area contributed by atoms with E-state index >= 15 is 0 Å². The Morgan fingerprint density at radius 3 is 2.57 bits per heavy atom. The summed E-state index contributed by atoms with van der Waals surface area (Å²) in [4.78, 5) is 21.7. The standard InChI is InChI=1S/C12H10F3NO5/c13-12(14,15)11(19)16-7(4-10(17)18)6-1-2-8-9(3-6)21-5-20-8/h1-3,7H,4-5H2,(H,16,19)(H,17,18)/t7-/m1/s1. The van der Waals surface area contributed by atoms with Crippen LogP contribution in [0.25, 0.3) is 0 Å². The van der Waals surface area contributed by atoms with Gasteiger partial charge in [0.05, 0.1) is 12.5 Å². The van der Waals surface area contributed by atoms with E-state index in [1.54, 1.807) is 5.32 Å². The van der Waals surface area contributed by atoms with Crippen LogP contribution in [0.3, 0.4) is 0 Å². The Morgan fingerprint density at radius 1 is 1.29 bits per heavy atom. The van der Waals surface area contributed by atoms with Crippen LogP contribution < -0.4 is 14.8 Å². The zero-order valence-corrected chi connectivity index (χ0v) is 10.4. The zero-order chi connectivity index (χ0) is 15.6. The number of carbonyl (C=O) groups excluding carboxylic acids is 1. The van der Waals surface area contributed by atoms with Gasteiger partial charge in [-0.25, -0.2) is 0 Å². The summed E-state index contributed by atoms with van der Waals surface area (Å²) in [6.07, 6.45) is -5.78. The summed E-state index contributed by atoms with van der Waals surface area (Å²) in [6.45, 7) is -0.0305. The third kappa shape index (κ3) is 3.56. The predicted octanol–water partition coefficient (Wildman–Crippen LogP) is 1.61. The second kappa shape index (κ2) is 5.51. The molecule has 114 valence electrons. The van der Waals surface area contributed by atoms with Crippen molar-refractivity contribution in [3.63, 3.8) is 0 Å². The van der Waals surface area contributed by atoms with Crippen molar-refractivity contribution in [3.8, 4) is 11.5 Å². The molecule has 1 heterocycles. The van der Waals surface area contributed by atoms with Crippen molar-refractivity contribution < 1.29 is 37.3 Å². The molecule has 0 spiro atoms. The first-order valence-corrected chi connectivity index (χ1v) is 5.76. The number of benzene rings is 1. The molecule has 0 saturated heterocycles. The lowest BCUT2D eigenvalue weighted by molar-refractivity contribution is -0.174. The van der Waals surface area contributed by atoms with Crippen LogP contribution in [-0.4, -0.2) is 30.0 Å². The van der Waals surface area contributed by atoms with Crippen molar-refractivity contribution >= 4 is 11.9 Å². The van der Waals surface area contributed by atoms with Crippen LogP contribution in [0.2, 0.25) is 0 Å². The number of hydrogen-bond acceptors (Lipinski definition) is 4. The van der Waals surface area contributed by atoms with Gasteiger partial charge >= 0.3 is 18.1 Å². The number of fused-ring (bicyclic) bond motifs is 1. The van der Waals surface area contributed by atoms with Gasteiger partial charge in [-0.3, -0.25) is 9.59 Å². The van der Waals surface area contributed by atoms with Crippen molar-refractivity contribution in [2.45, 2.75) is 18.6 Å². The van der Waals surface area contributed by atoms with Crippen LogP contribution in [0.15, 0.2) is 18.2 Å². The minimum Gasteiger partial charge on any atom is -0.481 e. The highest BCUT2D eigenvalue weighted by molar-refractivity contribution is 5.82. The second-order valence-corrected chi connectivity index (χ2v) is 4.23. The van der Waals surface area contributed by atoms with E-state index in [1.807, 2.05) is 0 Å². The number of nitrogens with one attached hydrogen (secondary N) is 1. The maximum absolute atomic E-state index is 12.3. The number of ether oxygens (including phenoxy) is 2. The van der Waals surface area contributed by atoms with E-state index in [-0.39, 0.29) is 18.1 Å². The Balaban J connectivity index is 2.23. The molecular formula is C12H10F3NO5. The number of aliphatic carboxylic acids is 1. The van der Waals surface area contributed by atoms with Crippen LogP contribution in [0.1, 0.15) is 18.0 Å². The second-order valence-electron chi connectivity index (χ2n) is 4.23. The first-order chi connectivity index (χ1) is 9.77. The van der Waals surface area contributed by atoms with Gasteiger partial charge in [0.25, 0.3) is 0 Å². The number of rotatable bonds is 4. The summed E-state index contributed by atoms with van der Waals surface area (Å²) in [5.41, 5.74) is 0.180. The molecular weight excluding hydrogens is 295 g/mol. The molecule has 0 bridgehead atoms. The van der Waals surface area contributed by atoms with E-state index in [0.717, 1.165) is 0 Å². The van der Waals surface area contributed by atoms with Crippen molar-refractivity contribution in [1.82, 2.24) is 5.32 Å². The summed E-state index contributed by atoms with van der Waals surface area (Å²) in [5.74, 6) is -2.87. The molecule has 0 saturated carbocycles. The van der Waals surface area contributed by atoms with E-state index in [2.05, 4.69) is 0 Å². The first-order valence-electron chi connectivity index (χ1n) is 5.76. The van der Waals surface area contributed by atoms with Crippen molar-refractivity contribution in [2.75, 3.05) is 6.79 Å². The molecule has 0 aliphatic carbocycles. The minimum atomic E-state index is -5.09. The van der Waals surface area contributed by atoms with Gasteiger partial charge in [0.1, 0.15) is 0 Å². The molecule has 1 aromatic carbocycles. The number of carboxylic acids is 1. The van der Waals surface area contributed by atoms with Crippen LogP contribution in [-0.2, 0) is 9.59 Å². The minimum absolute atomic E-state index is 0.0305. The molecule has 9 heteroatoms. The molecule has 2 rings (SSSR count). The Morgan fingerprint density at radius 2 is 1.95 bits per heavy atom. The number of alkyl halides is 3. The number of carbonyl (C=O) groups is 2. The maximum atomic E-state index is 12.3. The lowest BCUT2D eigenvalue weighted by atomic mass is 10.0. The molecule has 21 heavy (non-hydrogen) atoms. The predicted molar refractivity (Wildman–Crippen MR) is 61.8 cm³/mol. The topological polar surface area (TPSA) is 84.9 Å². The smallest absolute Gasteiger partial charge is 0.471 e. The van der Waals surface area contributed by atoms with Gasteiger partial charge in [-0.15, -0.1) is 0 Å². The van der Waals surface area contributed by atoms with Gasteiger partial charge in [-0.05, 0) is 17.7 Å². The molecule has 0 radical (unpaired) electrons. The summed E-state index contributed by atoms with van der Waals surface area (Å²) >= 11 is 0. The highest BCUT2D eigenvalue weighted by Crippen LogP contribution is 2.35. The highest BCUT2D eigenvalue weighted by atomic mass is 19.4. The number of amides is 1. The van der Waals surface area contributed by atoms with E-state index < -0.39 is 30.5 Å². The van der Waals surface area contributed by atoms with Crippen molar-refractivity contribution in [1.29, 1.82) is 0 Å². The maximum Gasteiger partial charge on any atom is 0.471 e.